The van der Waals surface area contributed by atoms with Crippen LogP contribution in [-0.2, 0) is 50.5 Å². The summed E-state index contributed by atoms with van der Waals surface area (Å²) in [6.45, 7) is 4.19. The number of anilines is 1. The summed E-state index contributed by atoms with van der Waals surface area (Å²) in [5, 5.41) is 22.5. The molecule has 0 radical (unpaired) electrons. The predicted molar refractivity (Wildman–Crippen MR) is 157 cm³/mol. The number of halogens is 1. The van der Waals surface area contributed by atoms with Crippen molar-refractivity contribution in [3.8, 4) is 0 Å². The summed E-state index contributed by atoms with van der Waals surface area (Å²) in [5.41, 5.74) is -4.74. The van der Waals surface area contributed by atoms with E-state index in [1.807, 2.05) is 0 Å². The molecule has 23 heteroatoms. The standard InChI is InChI=1S/C24H26ClN7O12S2.Na/c1-12(33)26-19-24(4,20(36)31(19)46(40,41)42)29-18(35)17(15-11-45-22(27-15)28-16(34)9-25)30-44-23(2,3)21(37)43-10-13-5-7-14(8-6-13)32(38)39;/h5-8,11,19H,9-10H2,1-4H3,(H,26,33)(H,29,35)(H,27,28,34)(H,40,41,42);/q;+1/p-1/t19-,24-;/m1./s1. The summed E-state index contributed by atoms with van der Waals surface area (Å²) in [6.07, 6.45) is -1.81. The Labute approximate surface area is 297 Å². The number of carbonyl (C=O) groups is 5. The molecule has 2 heterocycles. The summed E-state index contributed by atoms with van der Waals surface area (Å²) >= 11 is 6.33. The number of non-ortho nitro benzene ring substituents is 1. The Morgan fingerprint density at radius 3 is 2.38 bits per heavy atom. The van der Waals surface area contributed by atoms with Crippen LogP contribution in [0.4, 0.5) is 10.8 Å². The van der Waals surface area contributed by atoms with Crippen molar-refractivity contribution in [3.05, 3.63) is 51.0 Å². The third-order valence-corrected chi connectivity index (χ3v) is 7.94. The Bertz CT molecular complexity index is 1720. The van der Waals surface area contributed by atoms with Crippen LogP contribution in [0.25, 0.3) is 0 Å². The number of nitro benzene ring substituents is 1. The Kier molecular flexibility index (Phi) is 13.0. The molecule has 2 atom stereocenters. The fourth-order valence-electron chi connectivity index (χ4n) is 3.71. The Hall–Kier alpha value is -3.73. The van der Waals surface area contributed by atoms with E-state index in [-0.39, 0.29) is 57.0 Å². The third-order valence-electron chi connectivity index (χ3n) is 6.08. The normalized spacial score (nSPS) is 17.8. The molecule has 1 aliphatic heterocycles. The van der Waals surface area contributed by atoms with E-state index in [4.69, 9.17) is 21.2 Å². The third kappa shape index (κ3) is 9.43. The number of hydrogen-bond acceptors (Lipinski definition) is 15. The van der Waals surface area contributed by atoms with Gasteiger partial charge in [-0.3, -0.25) is 29.3 Å². The molecule has 47 heavy (non-hydrogen) atoms. The molecule has 3 N–H and O–H groups in total. The Balaban J connectivity index is 0.00000768. The number of carbonyl (C=O) groups excluding carboxylic acids is 5. The zero-order valence-electron chi connectivity index (χ0n) is 25.3. The maximum absolute atomic E-state index is 13.5. The Morgan fingerprint density at radius 2 is 1.85 bits per heavy atom. The first-order chi connectivity index (χ1) is 21.3. The number of rotatable bonds is 13. The number of alkyl halides is 1. The minimum absolute atomic E-state index is 0. The molecule has 3 rings (SSSR count). The summed E-state index contributed by atoms with van der Waals surface area (Å²) in [5.74, 6) is -5.48. The van der Waals surface area contributed by atoms with Crippen LogP contribution in [0.1, 0.15) is 39.0 Å². The number of hydrogen-bond donors (Lipinski definition) is 3. The van der Waals surface area contributed by atoms with Crippen molar-refractivity contribution < 1.29 is 81.0 Å². The predicted octanol–water partition coefficient (Wildman–Crippen LogP) is -2.89. The molecular formula is C24H25ClN7NaO12S2. The first-order valence-corrected chi connectivity index (χ1v) is 15.5. The van der Waals surface area contributed by atoms with Gasteiger partial charge in [0.05, 0.1) is 4.92 Å². The number of β-lactam (4-membered cyclic amide) rings is 1. The Morgan fingerprint density at radius 1 is 1.23 bits per heavy atom. The van der Waals surface area contributed by atoms with Crippen LogP contribution in [0.5, 0.6) is 0 Å². The van der Waals surface area contributed by atoms with Gasteiger partial charge >= 0.3 is 35.5 Å². The van der Waals surface area contributed by atoms with E-state index in [0.717, 1.165) is 25.2 Å². The van der Waals surface area contributed by atoms with Gasteiger partial charge in [0.25, 0.3) is 17.5 Å². The molecule has 4 amide bonds. The van der Waals surface area contributed by atoms with E-state index >= 15 is 0 Å². The number of ether oxygens (including phenoxy) is 1. The molecule has 0 aliphatic carbocycles. The summed E-state index contributed by atoms with van der Waals surface area (Å²) in [7, 11) is -5.40. The number of oxime groups is 1. The molecule has 0 unspecified atom stereocenters. The summed E-state index contributed by atoms with van der Waals surface area (Å²) in [6, 6.07) is 5.18. The van der Waals surface area contributed by atoms with Crippen molar-refractivity contribution in [2.75, 3.05) is 11.2 Å². The fraction of sp³-hybridized carbons (Fsp3) is 0.375. The van der Waals surface area contributed by atoms with Gasteiger partial charge in [0, 0.05) is 24.4 Å². The number of aromatic nitrogens is 1. The SMILES string of the molecule is CC(=O)N[C@@H]1N(S(=O)(=O)[O-])C(=O)[C@]1(C)NC(=O)C(=NOC(C)(C)C(=O)OCc1ccc([N+](=O)[O-])cc1)c1csc(NC(=O)CCl)n1.[Na+]. The maximum atomic E-state index is 13.5. The number of esters is 1. The molecular weight excluding hydrogens is 701 g/mol. The van der Waals surface area contributed by atoms with E-state index < -0.39 is 73.7 Å². The largest absolute Gasteiger partial charge is 1.00 e. The maximum Gasteiger partial charge on any atom is 1.00 e. The van der Waals surface area contributed by atoms with Crippen molar-refractivity contribution in [2.24, 2.45) is 5.16 Å². The van der Waals surface area contributed by atoms with Crippen molar-refractivity contribution in [1.82, 2.24) is 19.9 Å². The molecule has 1 fully saturated rings. The van der Waals surface area contributed by atoms with Gasteiger partial charge in [-0.15, -0.1) is 22.9 Å². The number of nitrogens with zero attached hydrogens (tertiary/aromatic N) is 4. The molecule has 0 spiro atoms. The van der Waals surface area contributed by atoms with Crippen molar-refractivity contribution in [1.29, 1.82) is 0 Å². The zero-order chi connectivity index (χ0) is 34.6. The molecule has 1 saturated heterocycles. The van der Waals surface area contributed by atoms with Crippen LogP contribution in [0, 0.1) is 10.1 Å². The van der Waals surface area contributed by atoms with Crippen molar-refractivity contribution in [2.45, 2.75) is 51.6 Å². The molecule has 1 aromatic carbocycles. The fourth-order valence-corrected chi connectivity index (χ4v) is 5.40. The topological polar surface area (TPSA) is 269 Å². The number of nitrogens with one attached hydrogen (secondary N) is 3. The average molecular weight is 726 g/mol. The minimum atomic E-state index is -5.40. The van der Waals surface area contributed by atoms with Gasteiger partial charge in [0.2, 0.25) is 17.4 Å². The molecule has 2 aromatic rings. The molecule has 0 bridgehead atoms. The van der Waals surface area contributed by atoms with Crippen LogP contribution >= 0.6 is 22.9 Å². The van der Waals surface area contributed by atoms with E-state index in [9.17, 15) is 47.1 Å². The number of thiazole rings is 1. The molecule has 1 aliphatic rings. The van der Waals surface area contributed by atoms with Crippen LogP contribution in [0.3, 0.4) is 0 Å². The average Bonchev–Trinajstić information content (AvgIpc) is 3.42. The molecule has 19 nitrogen and oxygen atoms in total. The smallest absolute Gasteiger partial charge is 0.731 e. The molecule has 0 saturated carbocycles. The van der Waals surface area contributed by atoms with Gasteiger partial charge in [0.1, 0.15) is 18.2 Å². The van der Waals surface area contributed by atoms with Crippen LogP contribution in [0.2, 0.25) is 0 Å². The van der Waals surface area contributed by atoms with Crippen LogP contribution < -0.4 is 45.5 Å². The quantitative estimate of drug-likeness (QED) is 0.0274. The second-order valence-electron chi connectivity index (χ2n) is 10.1. The first kappa shape index (κ1) is 39.4. The van der Waals surface area contributed by atoms with Gasteiger partial charge in [-0.1, -0.05) is 5.16 Å². The molecule has 248 valence electrons. The second-order valence-corrected chi connectivity index (χ2v) is 12.5. The van der Waals surface area contributed by atoms with E-state index in [1.165, 1.54) is 43.5 Å². The minimum Gasteiger partial charge on any atom is -0.731 e. The van der Waals surface area contributed by atoms with Gasteiger partial charge in [-0.05, 0) is 38.5 Å². The number of benzene rings is 1. The van der Waals surface area contributed by atoms with Gasteiger partial charge in [0.15, 0.2) is 32.9 Å². The van der Waals surface area contributed by atoms with E-state index in [1.54, 1.807) is 0 Å². The van der Waals surface area contributed by atoms with Crippen LogP contribution in [-0.4, -0.2) is 85.7 Å². The van der Waals surface area contributed by atoms with E-state index in [0.29, 0.717) is 5.56 Å². The summed E-state index contributed by atoms with van der Waals surface area (Å²) in [4.78, 5) is 82.1. The summed E-state index contributed by atoms with van der Waals surface area (Å²) < 4.78 is 40.0. The van der Waals surface area contributed by atoms with Crippen molar-refractivity contribution >= 4 is 79.4 Å². The molecule has 1 aromatic heterocycles. The zero-order valence-corrected chi connectivity index (χ0v) is 29.6. The first-order valence-electron chi connectivity index (χ1n) is 12.7. The second kappa shape index (κ2) is 15.4. The monoisotopic (exact) mass is 725 g/mol. The van der Waals surface area contributed by atoms with Crippen LogP contribution in [0.15, 0.2) is 34.8 Å². The van der Waals surface area contributed by atoms with Gasteiger partial charge in [-0.25, -0.2) is 22.5 Å². The van der Waals surface area contributed by atoms with Gasteiger partial charge < -0.3 is 30.1 Å². The van der Waals surface area contributed by atoms with Crippen molar-refractivity contribution in [3.63, 3.8) is 0 Å². The van der Waals surface area contributed by atoms with E-state index in [2.05, 4.69) is 26.1 Å². The van der Waals surface area contributed by atoms with Gasteiger partial charge in [-0.2, -0.15) is 0 Å². The number of nitro groups is 1. The number of amides is 4.